The summed E-state index contributed by atoms with van der Waals surface area (Å²) in [6.45, 7) is 6.41. The highest BCUT2D eigenvalue weighted by Crippen LogP contribution is 2.20. The molecule has 2 nitrogen and oxygen atoms in total. The number of hydrogen-bond donors (Lipinski definition) is 2. The first-order valence-electron chi connectivity index (χ1n) is 6.76. The van der Waals surface area contributed by atoms with Gasteiger partial charge in [0, 0.05) is 22.0 Å². The molecule has 1 heterocycles. The molecular weight excluding hydrogens is 252 g/mol. The van der Waals surface area contributed by atoms with Crippen LogP contribution in [0.2, 0.25) is 0 Å². The van der Waals surface area contributed by atoms with Crippen molar-refractivity contribution in [2.45, 2.75) is 33.2 Å². The Labute approximate surface area is 119 Å². The van der Waals surface area contributed by atoms with Crippen molar-refractivity contribution in [3.05, 3.63) is 51.2 Å². The molecule has 2 rings (SSSR count). The minimum absolute atomic E-state index is 0.838. The van der Waals surface area contributed by atoms with Gasteiger partial charge >= 0.3 is 0 Å². The predicted octanol–water partition coefficient (Wildman–Crippen LogP) is 3.67. The van der Waals surface area contributed by atoms with Gasteiger partial charge in [0.05, 0.1) is 0 Å². The zero-order valence-electron chi connectivity index (χ0n) is 11.7. The summed E-state index contributed by atoms with van der Waals surface area (Å²) in [5.41, 5.74) is 9.27. The summed E-state index contributed by atoms with van der Waals surface area (Å²) >= 11 is 1.89. The van der Waals surface area contributed by atoms with Crippen LogP contribution >= 0.6 is 11.3 Å². The number of nitrogens with two attached hydrogens (primary N) is 1. The summed E-state index contributed by atoms with van der Waals surface area (Å²) in [4.78, 5) is 2.86. The van der Waals surface area contributed by atoms with Crippen LogP contribution in [0.25, 0.3) is 0 Å². The minimum Gasteiger partial charge on any atom is -0.399 e. The summed E-state index contributed by atoms with van der Waals surface area (Å²) in [6, 6.07) is 10.5. The van der Waals surface area contributed by atoms with Crippen LogP contribution in [-0.2, 0) is 13.0 Å². The van der Waals surface area contributed by atoms with Gasteiger partial charge in [0.25, 0.3) is 0 Å². The average Bonchev–Trinajstić information content (AvgIpc) is 2.71. The standard InChI is InChI=1S/C16H22N2S/c1-12-10-16(19-13(12)2)11-18-9-3-4-14-5-7-15(17)8-6-14/h5-8,10,18H,3-4,9,11,17H2,1-2H3. The summed E-state index contributed by atoms with van der Waals surface area (Å²) < 4.78 is 0. The van der Waals surface area contributed by atoms with E-state index in [2.05, 4.69) is 37.4 Å². The average molecular weight is 274 g/mol. The summed E-state index contributed by atoms with van der Waals surface area (Å²) in [6.07, 6.45) is 2.27. The maximum atomic E-state index is 5.67. The van der Waals surface area contributed by atoms with Crippen molar-refractivity contribution in [2.24, 2.45) is 0 Å². The number of aryl methyl sites for hydroxylation is 3. The topological polar surface area (TPSA) is 38.0 Å². The van der Waals surface area contributed by atoms with Crippen molar-refractivity contribution >= 4 is 17.0 Å². The molecule has 19 heavy (non-hydrogen) atoms. The lowest BCUT2D eigenvalue weighted by Gasteiger charge is -2.04. The van der Waals surface area contributed by atoms with Gasteiger partial charge in [-0.05, 0) is 62.6 Å². The molecule has 0 saturated carbocycles. The smallest absolute Gasteiger partial charge is 0.0314 e. The molecule has 0 aliphatic rings. The molecule has 0 fully saturated rings. The first-order chi connectivity index (χ1) is 9.15. The fourth-order valence-electron chi connectivity index (χ4n) is 2.05. The van der Waals surface area contributed by atoms with Gasteiger partial charge in [0.15, 0.2) is 0 Å². The number of nitrogens with one attached hydrogen (secondary N) is 1. The van der Waals surface area contributed by atoms with E-state index < -0.39 is 0 Å². The van der Waals surface area contributed by atoms with Crippen molar-refractivity contribution < 1.29 is 0 Å². The van der Waals surface area contributed by atoms with Crippen LogP contribution in [0.4, 0.5) is 5.69 Å². The van der Waals surface area contributed by atoms with E-state index in [4.69, 9.17) is 5.73 Å². The van der Waals surface area contributed by atoms with E-state index in [-0.39, 0.29) is 0 Å². The maximum absolute atomic E-state index is 5.67. The van der Waals surface area contributed by atoms with E-state index in [0.29, 0.717) is 0 Å². The normalized spacial score (nSPS) is 10.8. The van der Waals surface area contributed by atoms with E-state index in [1.54, 1.807) is 0 Å². The van der Waals surface area contributed by atoms with Gasteiger partial charge in [-0.3, -0.25) is 0 Å². The third-order valence-corrected chi connectivity index (χ3v) is 4.47. The predicted molar refractivity (Wildman–Crippen MR) is 84.7 cm³/mol. The highest BCUT2D eigenvalue weighted by atomic mass is 32.1. The molecule has 0 radical (unpaired) electrons. The van der Waals surface area contributed by atoms with Crippen LogP contribution in [0.15, 0.2) is 30.3 Å². The largest absolute Gasteiger partial charge is 0.399 e. The van der Waals surface area contributed by atoms with Crippen molar-refractivity contribution in [1.29, 1.82) is 0 Å². The molecule has 1 aromatic heterocycles. The third kappa shape index (κ3) is 4.37. The molecule has 0 spiro atoms. The first-order valence-corrected chi connectivity index (χ1v) is 7.58. The van der Waals surface area contributed by atoms with Crippen molar-refractivity contribution in [2.75, 3.05) is 12.3 Å². The second-order valence-corrected chi connectivity index (χ2v) is 6.31. The molecule has 0 atom stereocenters. The molecule has 0 aliphatic heterocycles. The Morgan fingerprint density at radius 3 is 2.53 bits per heavy atom. The van der Waals surface area contributed by atoms with Gasteiger partial charge in [-0.2, -0.15) is 0 Å². The number of anilines is 1. The lowest BCUT2D eigenvalue weighted by molar-refractivity contribution is 0.654. The first kappa shape index (κ1) is 14.1. The quantitative estimate of drug-likeness (QED) is 0.623. The lowest BCUT2D eigenvalue weighted by Crippen LogP contribution is -2.14. The van der Waals surface area contributed by atoms with Gasteiger partial charge in [-0.25, -0.2) is 0 Å². The highest BCUT2D eigenvalue weighted by Gasteiger charge is 2.00. The van der Waals surface area contributed by atoms with Crippen LogP contribution in [0, 0.1) is 13.8 Å². The van der Waals surface area contributed by atoms with Crippen LogP contribution < -0.4 is 11.1 Å². The zero-order valence-corrected chi connectivity index (χ0v) is 12.5. The molecule has 0 saturated heterocycles. The van der Waals surface area contributed by atoms with Crippen molar-refractivity contribution in [3.63, 3.8) is 0 Å². The Kier molecular flexibility index (Phi) is 5.00. The molecule has 0 bridgehead atoms. The maximum Gasteiger partial charge on any atom is 0.0314 e. The number of thiophene rings is 1. The van der Waals surface area contributed by atoms with E-state index in [1.807, 2.05) is 23.5 Å². The fraction of sp³-hybridized carbons (Fsp3) is 0.375. The lowest BCUT2D eigenvalue weighted by atomic mass is 10.1. The molecule has 3 heteroatoms. The van der Waals surface area contributed by atoms with Crippen LogP contribution in [0.3, 0.4) is 0 Å². The number of rotatable bonds is 6. The zero-order chi connectivity index (χ0) is 13.7. The van der Waals surface area contributed by atoms with Crippen LogP contribution in [0.1, 0.15) is 27.3 Å². The molecule has 0 aliphatic carbocycles. The monoisotopic (exact) mass is 274 g/mol. The fourth-order valence-corrected chi connectivity index (χ4v) is 3.07. The van der Waals surface area contributed by atoms with Crippen LogP contribution in [0.5, 0.6) is 0 Å². The number of hydrogen-bond acceptors (Lipinski definition) is 3. The molecule has 0 unspecified atom stereocenters. The van der Waals surface area contributed by atoms with Crippen molar-refractivity contribution in [1.82, 2.24) is 5.32 Å². The minimum atomic E-state index is 0.838. The van der Waals surface area contributed by atoms with Crippen molar-refractivity contribution in [3.8, 4) is 0 Å². The highest BCUT2D eigenvalue weighted by molar-refractivity contribution is 7.12. The molecule has 2 aromatic rings. The van der Waals surface area contributed by atoms with Gasteiger partial charge in [0.1, 0.15) is 0 Å². The van der Waals surface area contributed by atoms with Gasteiger partial charge < -0.3 is 11.1 Å². The van der Waals surface area contributed by atoms with Gasteiger partial charge in [-0.1, -0.05) is 12.1 Å². The SMILES string of the molecule is Cc1cc(CNCCCc2ccc(N)cc2)sc1C. The van der Waals surface area contributed by atoms with E-state index in [0.717, 1.165) is 31.6 Å². The Bertz CT molecular complexity index is 495. The molecule has 1 aromatic carbocycles. The Hall–Kier alpha value is -1.32. The van der Waals surface area contributed by atoms with Gasteiger partial charge in [0.2, 0.25) is 0 Å². The molecule has 3 N–H and O–H groups in total. The van der Waals surface area contributed by atoms with E-state index in [1.165, 1.54) is 20.9 Å². The number of benzene rings is 1. The number of nitrogen functional groups attached to an aromatic ring is 1. The summed E-state index contributed by atoms with van der Waals surface area (Å²) in [5.74, 6) is 0. The Morgan fingerprint density at radius 2 is 1.89 bits per heavy atom. The third-order valence-electron chi connectivity index (χ3n) is 3.31. The molecule has 0 amide bonds. The van der Waals surface area contributed by atoms with Crippen LogP contribution in [-0.4, -0.2) is 6.54 Å². The summed E-state index contributed by atoms with van der Waals surface area (Å²) in [5, 5.41) is 3.51. The molecular formula is C16H22N2S. The van der Waals surface area contributed by atoms with Gasteiger partial charge in [-0.15, -0.1) is 11.3 Å². The van der Waals surface area contributed by atoms with E-state index >= 15 is 0 Å². The Balaban J connectivity index is 1.66. The second-order valence-electron chi connectivity index (χ2n) is 4.97. The molecule has 102 valence electrons. The second kappa shape index (κ2) is 6.73. The van der Waals surface area contributed by atoms with E-state index in [9.17, 15) is 0 Å². The summed E-state index contributed by atoms with van der Waals surface area (Å²) in [7, 11) is 0. The Morgan fingerprint density at radius 1 is 1.16 bits per heavy atom.